The first-order valence-electron chi connectivity index (χ1n) is 9.61. The molecule has 4 heterocycles. The van der Waals surface area contributed by atoms with Crippen molar-refractivity contribution in [2.75, 3.05) is 32.7 Å². The number of furan rings is 1. The summed E-state index contributed by atoms with van der Waals surface area (Å²) in [5.74, 6) is 0.684. The van der Waals surface area contributed by atoms with E-state index in [0.717, 1.165) is 37.4 Å². The van der Waals surface area contributed by atoms with Crippen LogP contribution in [0, 0.1) is 0 Å². The lowest BCUT2D eigenvalue weighted by Gasteiger charge is -2.34. The molecule has 8 nitrogen and oxygen atoms in total. The summed E-state index contributed by atoms with van der Waals surface area (Å²) in [6.07, 6.45) is 3.37. The number of hydrogen-bond donors (Lipinski definition) is 0. The van der Waals surface area contributed by atoms with Crippen LogP contribution in [0.1, 0.15) is 26.1 Å². The van der Waals surface area contributed by atoms with Crippen LogP contribution >= 0.6 is 0 Å². The second kappa shape index (κ2) is 7.19. The SMILES string of the molecule is CCCN1CCN(C(=O)Cn2nc(CC)n3c(cc4occc43)c2=O)CC1. The molecule has 4 rings (SSSR count). The van der Waals surface area contributed by atoms with E-state index in [4.69, 9.17) is 4.42 Å². The molecule has 0 aliphatic carbocycles. The third-order valence-corrected chi connectivity index (χ3v) is 5.24. The van der Waals surface area contributed by atoms with Gasteiger partial charge in [0.1, 0.15) is 17.9 Å². The second-order valence-corrected chi connectivity index (χ2v) is 6.99. The van der Waals surface area contributed by atoms with Crippen molar-refractivity contribution in [2.24, 2.45) is 0 Å². The molecular formula is C19H25N5O3. The Morgan fingerprint density at radius 2 is 1.96 bits per heavy atom. The molecule has 0 radical (unpaired) electrons. The van der Waals surface area contributed by atoms with Crippen molar-refractivity contribution >= 4 is 22.5 Å². The predicted octanol–water partition coefficient (Wildman–Crippen LogP) is 1.36. The topological polar surface area (TPSA) is 76.0 Å². The molecule has 1 aliphatic heterocycles. The number of nitrogens with zero attached hydrogens (tertiary/aromatic N) is 5. The predicted molar refractivity (Wildman–Crippen MR) is 102 cm³/mol. The molecule has 0 N–H and O–H groups in total. The van der Waals surface area contributed by atoms with E-state index < -0.39 is 0 Å². The third-order valence-electron chi connectivity index (χ3n) is 5.24. The lowest BCUT2D eigenvalue weighted by molar-refractivity contribution is -0.133. The molecule has 0 spiro atoms. The zero-order valence-corrected chi connectivity index (χ0v) is 15.8. The fraction of sp³-hybridized carbons (Fsp3) is 0.526. The summed E-state index contributed by atoms with van der Waals surface area (Å²) >= 11 is 0. The number of aryl methyl sites for hydroxylation is 1. The largest absolute Gasteiger partial charge is 0.463 e. The summed E-state index contributed by atoms with van der Waals surface area (Å²) in [4.78, 5) is 29.8. The van der Waals surface area contributed by atoms with E-state index in [9.17, 15) is 9.59 Å². The summed E-state index contributed by atoms with van der Waals surface area (Å²) in [6, 6.07) is 3.55. The molecule has 144 valence electrons. The molecule has 0 bridgehead atoms. The van der Waals surface area contributed by atoms with E-state index in [2.05, 4.69) is 16.9 Å². The van der Waals surface area contributed by atoms with E-state index in [1.165, 1.54) is 4.68 Å². The van der Waals surface area contributed by atoms with Crippen molar-refractivity contribution < 1.29 is 9.21 Å². The number of piperazine rings is 1. The minimum absolute atomic E-state index is 0.0251. The standard InChI is InChI=1S/C19H25N5O3/c1-3-6-21-7-9-22(10-8-21)18(25)13-23-19(26)15-12-16-14(5-11-27-16)24(15)17(4-2)20-23/h5,11-12H,3-4,6-10,13H2,1-2H3. The Morgan fingerprint density at radius 3 is 2.67 bits per heavy atom. The Kier molecular flexibility index (Phi) is 4.73. The fourth-order valence-corrected chi connectivity index (χ4v) is 3.82. The number of fused-ring (bicyclic) bond motifs is 3. The molecule has 1 fully saturated rings. The van der Waals surface area contributed by atoms with E-state index in [0.29, 0.717) is 30.6 Å². The minimum atomic E-state index is -0.267. The van der Waals surface area contributed by atoms with Gasteiger partial charge in [-0.25, -0.2) is 4.68 Å². The number of carbonyl (C=O) groups excluding carboxylic acids is 1. The molecule has 27 heavy (non-hydrogen) atoms. The van der Waals surface area contributed by atoms with E-state index in [1.54, 1.807) is 12.3 Å². The molecule has 0 unspecified atom stereocenters. The molecule has 1 amide bonds. The van der Waals surface area contributed by atoms with Crippen molar-refractivity contribution in [3.8, 4) is 0 Å². The van der Waals surface area contributed by atoms with E-state index in [-0.39, 0.29) is 18.0 Å². The van der Waals surface area contributed by atoms with Gasteiger partial charge in [-0.3, -0.25) is 18.9 Å². The van der Waals surface area contributed by atoms with Crippen molar-refractivity contribution in [3.05, 3.63) is 34.6 Å². The van der Waals surface area contributed by atoms with Crippen LogP contribution in [0.5, 0.6) is 0 Å². The van der Waals surface area contributed by atoms with Crippen LogP contribution < -0.4 is 5.56 Å². The van der Waals surface area contributed by atoms with Crippen molar-refractivity contribution in [2.45, 2.75) is 33.2 Å². The van der Waals surface area contributed by atoms with Gasteiger partial charge in [0.2, 0.25) is 5.91 Å². The van der Waals surface area contributed by atoms with Crippen molar-refractivity contribution in [1.82, 2.24) is 24.0 Å². The molecule has 3 aromatic rings. The van der Waals surface area contributed by atoms with Crippen LogP contribution in [0.3, 0.4) is 0 Å². The highest BCUT2D eigenvalue weighted by atomic mass is 16.3. The van der Waals surface area contributed by atoms with Gasteiger partial charge < -0.3 is 9.32 Å². The fourth-order valence-electron chi connectivity index (χ4n) is 3.82. The average Bonchev–Trinajstić information content (AvgIpc) is 3.26. The summed E-state index contributed by atoms with van der Waals surface area (Å²) in [7, 11) is 0. The first-order chi connectivity index (χ1) is 13.1. The van der Waals surface area contributed by atoms with Gasteiger partial charge >= 0.3 is 0 Å². The Morgan fingerprint density at radius 1 is 1.19 bits per heavy atom. The lowest BCUT2D eigenvalue weighted by atomic mass is 10.3. The van der Waals surface area contributed by atoms with Crippen LogP contribution in [-0.4, -0.2) is 62.6 Å². The number of carbonyl (C=O) groups is 1. The molecule has 3 aromatic heterocycles. The van der Waals surface area contributed by atoms with Gasteiger partial charge in [0, 0.05) is 44.7 Å². The van der Waals surface area contributed by atoms with Gasteiger partial charge in [-0.05, 0) is 13.0 Å². The van der Waals surface area contributed by atoms with Crippen LogP contribution in [0.15, 0.2) is 27.6 Å². The summed E-state index contributed by atoms with van der Waals surface area (Å²) in [5.41, 5.74) is 1.71. The van der Waals surface area contributed by atoms with Crippen LogP contribution in [-0.2, 0) is 17.8 Å². The molecule has 0 aromatic carbocycles. The monoisotopic (exact) mass is 371 g/mol. The Bertz CT molecular complexity index is 1020. The summed E-state index contributed by atoms with van der Waals surface area (Å²) in [5, 5.41) is 4.47. The zero-order valence-electron chi connectivity index (χ0n) is 15.8. The number of aromatic nitrogens is 3. The quantitative estimate of drug-likeness (QED) is 0.677. The Hall–Kier alpha value is -2.61. The molecule has 8 heteroatoms. The van der Waals surface area contributed by atoms with Crippen LogP contribution in [0.25, 0.3) is 16.6 Å². The van der Waals surface area contributed by atoms with Crippen LogP contribution in [0.4, 0.5) is 0 Å². The van der Waals surface area contributed by atoms with Crippen LogP contribution in [0.2, 0.25) is 0 Å². The normalized spacial score (nSPS) is 15.9. The number of amides is 1. The summed E-state index contributed by atoms with van der Waals surface area (Å²) in [6.45, 7) is 8.36. The molecule has 1 aliphatic rings. The lowest BCUT2D eigenvalue weighted by Crippen LogP contribution is -2.50. The van der Waals surface area contributed by atoms with Gasteiger partial charge in [-0.2, -0.15) is 5.10 Å². The highest BCUT2D eigenvalue weighted by molar-refractivity contribution is 5.82. The number of rotatable bonds is 5. The highest BCUT2D eigenvalue weighted by Gasteiger charge is 2.22. The van der Waals surface area contributed by atoms with Gasteiger partial charge in [-0.15, -0.1) is 0 Å². The average molecular weight is 371 g/mol. The van der Waals surface area contributed by atoms with Crippen molar-refractivity contribution in [1.29, 1.82) is 0 Å². The van der Waals surface area contributed by atoms with Gasteiger partial charge in [0.05, 0.1) is 11.8 Å². The van der Waals surface area contributed by atoms with Gasteiger partial charge in [-0.1, -0.05) is 13.8 Å². The maximum atomic E-state index is 12.9. The Balaban J connectivity index is 1.60. The maximum Gasteiger partial charge on any atom is 0.291 e. The van der Waals surface area contributed by atoms with Gasteiger partial charge in [0.15, 0.2) is 5.58 Å². The molecular weight excluding hydrogens is 346 g/mol. The van der Waals surface area contributed by atoms with E-state index in [1.807, 2.05) is 22.3 Å². The van der Waals surface area contributed by atoms with Crippen molar-refractivity contribution in [3.63, 3.8) is 0 Å². The maximum absolute atomic E-state index is 12.9. The Labute approximate surface area is 156 Å². The number of hydrogen-bond acceptors (Lipinski definition) is 5. The summed E-state index contributed by atoms with van der Waals surface area (Å²) < 4.78 is 8.55. The highest BCUT2D eigenvalue weighted by Crippen LogP contribution is 2.20. The van der Waals surface area contributed by atoms with Gasteiger partial charge in [0.25, 0.3) is 5.56 Å². The molecule has 0 saturated carbocycles. The first kappa shape index (κ1) is 17.8. The molecule has 1 saturated heterocycles. The first-order valence-corrected chi connectivity index (χ1v) is 9.61. The smallest absolute Gasteiger partial charge is 0.291 e. The molecule has 0 atom stereocenters. The minimum Gasteiger partial charge on any atom is -0.463 e. The second-order valence-electron chi connectivity index (χ2n) is 6.99. The van der Waals surface area contributed by atoms with E-state index >= 15 is 0 Å². The third kappa shape index (κ3) is 3.14. The zero-order chi connectivity index (χ0) is 19.0.